The molecule has 0 unspecified atom stereocenters. The molecule has 6 nitrogen and oxygen atoms in total. The topological polar surface area (TPSA) is 60.3 Å². The molecule has 3 aromatic rings. The van der Waals surface area contributed by atoms with Crippen LogP contribution < -0.4 is 0 Å². The molecule has 0 fully saturated rings. The molecule has 0 saturated heterocycles. The second kappa shape index (κ2) is 6.52. The minimum atomic E-state index is 0.176. The molecule has 0 amide bonds. The third kappa shape index (κ3) is 3.07. The molecule has 0 saturated carbocycles. The first-order valence-electron chi connectivity index (χ1n) is 7.10. The molecule has 3 rings (SSSR count). The highest BCUT2D eigenvalue weighted by Gasteiger charge is 2.17. The molecule has 1 aromatic carbocycles. The first-order valence-corrected chi connectivity index (χ1v) is 8.73. The average molecular weight is 352 g/mol. The van der Waals surface area contributed by atoms with E-state index in [-0.39, 0.29) is 5.92 Å². The number of rotatable bonds is 3. The van der Waals surface area contributed by atoms with Gasteiger partial charge < -0.3 is 0 Å². The van der Waals surface area contributed by atoms with Crippen molar-refractivity contribution in [2.45, 2.75) is 36.1 Å². The number of fused-ring (bicyclic) bond motifs is 1. The van der Waals surface area contributed by atoms with Crippen molar-refractivity contribution >= 4 is 45.5 Å². The number of aromatic nitrogens is 4. The molecule has 0 atom stereocenters. The van der Waals surface area contributed by atoms with Crippen LogP contribution in [0.15, 0.2) is 21.5 Å². The van der Waals surface area contributed by atoms with Crippen LogP contribution in [-0.4, -0.2) is 20.2 Å². The number of hydrogen-bond acceptors (Lipinski definition) is 6. The van der Waals surface area contributed by atoms with Gasteiger partial charge in [0, 0.05) is 0 Å². The molecule has 24 heavy (non-hydrogen) atoms. The molecule has 0 radical (unpaired) electrons. The van der Waals surface area contributed by atoms with Crippen LogP contribution in [0.1, 0.15) is 30.5 Å². The summed E-state index contributed by atoms with van der Waals surface area (Å²) >= 11 is 2.94. The van der Waals surface area contributed by atoms with E-state index in [0.29, 0.717) is 22.4 Å². The van der Waals surface area contributed by atoms with E-state index in [0.717, 1.165) is 20.1 Å². The Morgan fingerprint density at radius 2 is 1.67 bits per heavy atom. The van der Waals surface area contributed by atoms with Crippen molar-refractivity contribution in [2.75, 3.05) is 0 Å². The summed E-state index contributed by atoms with van der Waals surface area (Å²) in [5.41, 5.74) is 2.71. The Morgan fingerprint density at radius 1 is 1.04 bits per heavy atom. The van der Waals surface area contributed by atoms with Gasteiger partial charge in [0.2, 0.25) is 0 Å². The van der Waals surface area contributed by atoms with E-state index in [1.807, 2.05) is 6.92 Å². The summed E-state index contributed by atoms with van der Waals surface area (Å²) in [6, 6.07) is 3.26. The number of nitrogens with zero attached hydrogens (tertiary/aromatic N) is 6. The van der Waals surface area contributed by atoms with Crippen LogP contribution in [-0.2, 0) is 0 Å². The molecule has 2 aromatic heterocycles. The Balaban J connectivity index is 2.18. The van der Waals surface area contributed by atoms with Crippen molar-refractivity contribution in [3.8, 4) is 0 Å². The standard InChI is InChI=1S/C16H12N6S2/c1-8(2)14-15(24-16-22-21-9(3)23-16)20-13-7-11(18-5)10(17-4)6-12(13)19-14/h6-8H,1-3H3. The van der Waals surface area contributed by atoms with Gasteiger partial charge in [0.05, 0.1) is 29.9 Å². The third-order valence-electron chi connectivity index (χ3n) is 3.23. The molecule has 0 aliphatic heterocycles. The fraction of sp³-hybridized carbons (Fsp3) is 0.250. The monoisotopic (exact) mass is 352 g/mol. The summed E-state index contributed by atoms with van der Waals surface area (Å²) < 4.78 is 0.811. The first-order chi connectivity index (χ1) is 11.5. The van der Waals surface area contributed by atoms with Gasteiger partial charge in [-0.25, -0.2) is 9.97 Å². The summed E-state index contributed by atoms with van der Waals surface area (Å²) in [5.74, 6) is 0.176. The SMILES string of the molecule is [C-]#[N+]c1cc2nc(Sc3nnc(C)s3)c(C(C)C)nc2cc1[N+]#[C-]. The molecule has 0 spiro atoms. The Morgan fingerprint density at radius 3 is 2.17 bits per heavy atom. The molecule has 0 aliphatic carbocycles. The zero-order chi connectivity index (χ0) is 17.3. The van der Waals surface area contributed by atoms with Crippen LogP contribution in [0.25, 0.3) is 20.7 Å². The minimum absolute atomic E-state index is 0.176. The summed E-state index contributed by atoms with van der Waals surface area (Å²) in [4.78, 5) is 16.2. The minimum Gasteiger partial charge on any atom is -0.250 e. The van der Waals surface area contributed by atoms with Gasteiger partial charge in [0.25, 0.3) is 0 Å². The predicted molar refractivity (Wildman–Crippen MR) is 94.9 cm³/mol. The highest BCUT2D eigenvalue weighted by Crippen LogP contribution is 2.37. The zero-order valence-electron chi connectivity index (χ0n) is 13.2. The van der Waals surface area contributed by atoms with Gasteiger partial charge in [-0.2, -0.15) is 0 Å². The fourth-order valence-electron chi connectivity index (χ4n) is 2.11. The van der Waals surface area contributed by atoms with E-state index in [1.54, 1.807) is 12.1 Å². The van der Waals surface area contributed by atoms with Crippen LogP contribution in [0.2, 0.25) is 0 Å². The van der Waals surface area contributed by atoms with Crippen LogP contribution >= 0.6 is 23.1 Å². The van der Waals surface area contributed by atoms with Crippen LogP contribution in [0.5, 0.6) is 0 Å². The van der Waals surface area contributed by atoms with Gasteiger partial charge in [0.1, 0.15) is 10.0 Å². The Bertz CT molecular complexity index is 1010. The molecule has 2 heterocycles. The molecule has 8 heteroatoms. The Labute approximate surface area is 147 Å². The highest BCUT2D eigenvalue weighted by molar-refractivity contribution is 8.01. The highest BCUT2D eigenvalue weighted by atomic mass is 32.2. The van der Waals surface area contributed by atoms with E-state index < -0.39 is 0 Å². The van der Waals surface area contributed by atoms with Crippen LogP contribution in [0.4, 0.5) is 11.4 Å². The van der Waals surface area contributed by atoms with Gasteiger partial charge in [-0.05, 0) is 36.7 Å². The number of hydrogen-bond donors (Lipinski definition) is 0. The Hall–Kier alpha value is -2.55. The smallest absolute Gasteiger partial charge is 0.196 e. The molecular formula is C16H12N6S2. The van der Waals surface area contributed by atoms with Gasteiger partial charge in [-0.1, -0.05) is 25.2 Å². The number of benzene rings is 1. The van der Waals surface area contributed by atoms with Crippen molar-refractivity contribution in [2.24, 2.45) is 0 Å². The predicted octanol–water partition coefficient (Wildman–Crippen LogP) is 5.17. The second-order valence-corrected chi connectivity index (χ2v) is 7.73. The summed E-state index contributed by atoms with van der Waals surface area (Å²) in [5, 5.41) is 9.82. The average Bonchev–Trinajstić information content (AvgIpc) is 2.97. The molecule has 118 valence electrons. The van der Waals surface area contributed by atoms with E-state index in [1.165, 1.54) is 23.1 Å². The van der Waals surface area contributed by atoms with Gasteiger partial charge in [0.15, 0.2) is 15.7 Å². The largest absolute Gasteiger partial charge is 0.250 e. The third-order valence-corrected chi connectivity index (χ3v) is 5.12. The lowest BCUT2D eigenvalue weighted by molar-refractivity contribution is 0.782. The van der Waals surface area contributed by atoms with Gasteiger partial charge in [-0.15, -0.1) is 10.2 Å². The first kappa shape index (κ1) is 16.3. The normalized spacial score (nSPS) is 10.8. The lowest BCUT2D eigenvalue weighted by atomic mass is 10.1. The summed E-state index contributed by atoms with van der Waals surface area (Å²) in [6.45, 7) is 20.4. The quantitative estimate of drug-likeness (QED) is 0.609. The molecule has 0 aliphatic rings. The van der Waals surface area contributed by atoms with Gasteiger partial charge >= 0.3 is 0 Å². The van der Waals surface area contributed by atoms with Crippen molar-refractivity contribution < 1.29 is 0 Å². The van der Waals surface area contributed by atoms with E-state index in [4.69, 9.17) is 13.1 Å². The van der Waals surface area contributed by atoms with Crippen molar-refractivity contribution in [1.29, 1.82) is 0 Å². The van der Waals surface area contributed by atoms with Crippen molar-refractivity contribution in [1.82, 2.24) is 20.2 Å². The van der Waals surface area contributed by atoms with Crippen LogP contribution in [0.3, 0.4) is 0 Å². The number of aryl methyl sites for hydroxylation is 1. The Kier molecular flexibility index (Phi) is 4.43. The summed E-state index contributed by atoms with van der Waals surface area (Å²) in [7, 11) is 0. The molecular weight excluding hydrogens is 340 g/mol. The van der Waals surface area contributed by atoms with Gasteiger partial charge in [-0.3, -0.25) is 9.69 Å². The van der Waals surface area contributed by atoms with Crippen LogP contribution in [0, 0.1) is 20.1 Å². The van der Waals surface area contributed by atoms with Crippen molar-refractivity contribution in [3.63, 3.8) is 0 Å². The maximum atomic E-state index is 7.22. The lowest BCUT2D eigenvalue weighted by Gasteiger charge is -2.11. The maximum absolute atomic E-state index is 7.22. The maximum Gasteiger partial charge on any atom is 0.196 e. The molecule has 0 N–H and O–H groups in total. The lowest BCUT2D eigenvalue weighted by Crippen LogP contribution is -1.99. The fourth-order valence-corrected chi connectivity index (χ4v) is 4.07. The van der Waals surface area contributed by atoms with E-state index in [9.17, 15) is 0 Å². The second-order valence-electron chi connectivity index (χ2n) is 5.31. The van der Waals surface area contributed by atoms with E-state index >= 15 is 0 Å². The van der Waals surface area contributed by atoms with Crippen molar-refractivity contribution in [3.05, 3.63) is 45.7 Å². The summed E-state index contributed by atoms with van der Waals surface area (Å²) in [6.07, 6.45) is 0. The zero-order valence-corrected chi connectivity index (χ0v) is 14.9. The van der Waals surface area contributed by atoms with E-state index in [2.05, 4.69) is 43.7 Å². The molecule has 0 bridgehead atoms.